The van der Waals surface area contributed by atoms with Crippen molar-refractivity contribution in [3.8, 4) is 5.88 Å². The lowest BCUT2D eigenvalue weighted by Crippen LogP contribution is -2.30. The van der Waals surface area contributed by atoms with Crippen molar-refractivity contribution in [2.75, 3.05) is 13.1 Å². The Morgan fingerprint density at radius 2 is 2.22 bits per heavy atom. The molecule has 1 amide bonds. The van der Waals surface area contributed by atoms with Gasteiger partial charge in [0.25, 0.3) is 5.91 Å². The van der Waals surface area contributed by atoms with Crippen molar-refractivity contribution < 1.29 is 9.53 Å². The van der Waals surface area contributed by atoms with E-state index in [0.717, 1.165) is 11.9 Å². The van der Waals surface area contributed by atoms with Crippen LogP contribution in [0, 0.1) is 0 Å². The van der Waals surface area contributed by atoms with E-state index >= 15 is 0 Å². The Bertz CT molecular complexity index is 798. The molecule has 1 saturated heterocycles. The maximum Gasteiger partial charge on any atom is 0.255 e. The van der Waals surface area contributed by atoms with Gasteiger partial charge >= 0.3 is 0 Å². The van der Waals surface area contributed by atoms with Gasteiger partial charge in [0, 0.05) is 43.1 Å². The molecule has 0 aromatic carbocycles. The lowest BCUT2D eigenvalue weighted by atomic mass is 10.3. The average molecular weight is 308 g/mol. The fourth-order valence-electron chi connectivity index (χ4n) is 2.88. The van der Waals surface area contributed by atoms with E-state index in [-0.39, 0.29) is 12.0 Å². The number of nitrogens with zero attached hydrogens (tertiary/aromatic N) is 4. The molecule has 6 nitrogen and oxygen atoms in total. The number of likely N-dealkylation sites (tertiary alicyclic amines) is 1. The zero-order valence-corrected chi connectivity index (χ0v) is 12.5. The summed E-state index contributed by atoms with van der Waals surface area (Å²) < 4.78 is 7.73. The second-order valence-corrected chi connectivity index (χ2v) is 5.60. The highest BCUT2D eigenvalue weighted by Crippen LogP contribution is 2.19. The molecule has 1 atom stereocenters. The molecular formula is C17H16N4O2. The van der Waals surface area contributed by atoms with Gasteiger partial charge in [-0.15, -0.1) is 5.10 Å². The maximum absolute atomic E-state index is 12.6. The molecule has 1 aliphatic heterocycles. The lowest BCUT2D eigenvalue weighted by Gasteiger charge is -2.16. The number of pyridine rings is 1. The van der Waals surface area contributed by atoms with Crippen LogP contribution >= 0.6 is 0 Å². The minimum absolute atomic E-state index is 0.0346. The molecule has 1 aliphatic rings. The lowest BCUT2D eigenvalue weighted by molar-refractivity contribution is 0.0771. The first-order chi connectivity index (χ1) is 11.3. The van der Waals surface area contributed by atoms with Gasteiger partial charge in [-0.1, -0.05) is 6.07 Å². The molecule has 0 spiro atoms. The Kier molecular flexibility index (Phi) is 3.42. The van der Waals surface area contributed by atoms with Crippen molar-refractivity contribution in [2.45, 2.75) is 12.5 Å². The number of hydrogen-bond acceptors (Lipinski definition) is 4. The number of carbonyl (C=O) groups excluding carboxylic acids is 1. The fourth-order valence-corrected chi connectivity index (χ4v) is 2.88. The van der Waals surface area contributed by atoms with Gasteiger partial charge in [0.1, 0.15) is 6.10 Å². The fraction of sp³-hybridized carbons (Fsp3) is 0.235. The van der Waals surface area contributed by atoms with Crippen LogP contribution in [0.2, 0.25) is 0 Å². The van der Waals surface area contributed by atoms with Crippen LogP contribution in [0.1, 0.15) is 16.8 Å². The Balaban J connectivity index is 1.45. The van der Waals surface area contributed by atoms with Crippen LogP contribution in [0.15, 0.2) is 55.0 Å². The summed E-state index contributed by atoms with van der Waals surface area (Å²) in [6.07, 6.45) is 6.18. The van der Waals surface area contributed by atoms with E-state index in [2.05, 4.69) is 10.2 Å². The van der Waals surface area contributed by atoms with Crippen molar-refractivity contribution in [3.63, 3.8) is 0 Å². The largest absolute Gasteiger partial charge is 0.471 e. The first-order valence-corrected chi connectivity index (χ1v) is 7.60. The Hall–Kier alpha value is -2.89. The summed E-state index contributed by atoms with van der Waals surface area (Å²) in [5, 5.41) is 7.71. The Morgan fingerprint density at radius 3 is 3.04 bits per heavy atom. The number of rotatable bonds is 3. The van der Waals surface area contributed by atoms with Gasteiger partial charge < -0.3 is 14.0 Å². The summed E-state index contributed by atoms with van der Waals surface area (Å²) in [5.74, 6) is 0.542. The van der Waals surface area contributed by atoms with Crippen molar-refractivity contribution in [1.29, 1.82) is 0 Å². The van der Waals surface area contributed by atoms with Gasteiger partial charge in [0.2, 0.25) is 5.88 Å². The first-order valence-electron chi connectivity index (χ1n) is 7.60. The highest BCUT2D eigenvalue weighted by atomic mass is 16.5. The van der Waals surface area contributed by atoms with E-state index in [4.69, 9.17) is 4.74 Å². The smallest absolute Gasteiger partial charge is 0.255 e. The number of aromatic nitrogens is 3. The third-order valence-corrected chi connectivity index (χ3v) is 4.02. The van der Waals surface area contributed by atoms with Gasteiger partial charge in [-0.2, -0.15) is 5.10 Å². The van der Waals surface area contributed by atoms with Crippen molar-refractivity contribution in [1.82, 2.24) is 19.5 Å². The molecule has 6 heteroatoms. The van der Waals surface area contributed by atoms with Crippen molar-refractivity contribution in [2.24, 2.45) is 0 Å². The van der Waals surface area contributed by atoms with E-state index in [9.17, 15) is 4.79 Å². The van der Waals surface area contributed by atoms with Crippen molar-refractivity contribution >= 4 is 11.4 Å². The van der Waals surface area contributed by atoms with Crippen LogP contribution in [-0.4, -0.2) is 44.6 Å². The maximum atomic E-state index is 12.6. The molecule has 23 heavy (non-hydrogen) atoms. The summed E-state index contributed by atoms with van der Waals surface area (Å²) in [6, 6.07) is 11.4. The number of ether oxygens (including phenoxy) is 1. The number of hydrogen-bond donors (Lipinski definition) is 0. The number of fused-ring (bicyclic) bond motifs is 1. The third kappa shape index (κ3) is 2.75. The molecule has 3 aromatic rings. The first kappa shape index (κ1) is 13.8. The zero-order valence-electron chi connectivity index (χ0n) is 12.5. The molecule has 116 valence electrons. The normalized spacial score (nSPS) is 17.6. The topological polar surface area (TPSA) is 59.7 Å². The van der Waals surface area contributed by atoms with E-state index in [0.29, 0.717) is 24.5 Å². The second-order valence-electron chi connectivity index (χ2n) is 5.60. The van der Waals surface area contributed by atoms with Gasteiger partial charge in [0.15, 0.2) is 0 Å². The summed E-state index contributed by atoms with van der Waals surface area (Å²) in [4.78, 5) is 14.5. The van der Waals surface area contributed by atoms with Gasteiger partial charge in [0.05, 0.1) is 12.1 Å². The molecule has 0 aliphatic carbocycles. The molecule has 0 radical (unpaired) electrons. The summed E-state index contributed by atoms with van der Waals surface area (Å²) in [6.45, 7) is 1.26. The molecule has 4 heterocycles. The molecule has 1 unspecified atom stereocenters. The minimum Gasteiger partial charge on any atom is -0.471 e. The average Bonchev–Trinajstić information content (AvgIpc) is 3.21. The zero-order chi connectivity index (χ0) is 15.6. The van der Waals surface area contributed by atoms with Crippen molar-refractivity contribution in [3.05, 3.63) is 60.6 Å². The molecule has 0 bridgehead atoms. The van der Waals surface area contributed by atoms with E-state index < -0.39 is 0 Å². The summed E-state index contributed by atoms with van der Waals surface area (Å²) in [5.41, 5.74) is 1.72. The SMILES string of the molecule is O=C(c1cc2ccccn2c1)N1CCC(Oc2cccnn2)C1. The minimum atomic E-state index is -0.0346. The van der Waals surface area contributed by atoms with Crippen LogP contribution in [0.3, 0.4) is 0 Å². The molecule has 0 N–H and O–H groups in total. The molecule has 4 rings (SSSR count). The number of amides is 1. The summed E-state index contributed by atoms with van der Waals surface area (Å²) in [7, 11) is 0. The third-order valence-electron chi connectivity index (χ3n) is 4.02. The second kappa shape index (κ2) is 5.72. The quantitative estimate of drug-likeness (QED) is 0.743. The molecule has 0 saturated carbocycles. The highest BCUT2D eigenvalue weighted by Gasteiger charge is 2.29. The van der Waals surface area contributed by atoms with Gasteiger partial charge in [-0.3, -0.25) is 4.79 Å². The molecule has 3 aromatic heterocycles. The highest BCUT2D eigenvalue weighted by molar-refractivity contribution is 5.95. The predicted octanol–water partition coefficient (Wildman–Crippen LogP) is 2.02. The summed E-state index contributed by atoms with van der Waals surface area (Å²) >= 11 is 0. The Labute approximate surface area is 133 Å². The number of carbonyl (C=O) groups is 1. The molecular weight excluding hydrogens is 292 g/mol. The Morgan fingerprint density at radius 1 is 1.26 bits per heavy atom. The van der Waals surface area contributed by atoms with Gasteiger partial charge in [-0.05, 0) is 24.3 Å². The van der Waals surface area contributed by atoms with Crippen LogP contribution < -0.4 is 4.74 Å². The van der Waals surface area contributed by atoms with E-state index in [1.54, 1.807) is 18.3 Å². The van der Waals surface area contributed by atoms with Crippen LogP contribution in [-0.2, 0) is 0 Å². The standard InChI is InChI=1S/C17H16N4O2/c22-17(13-10-14-4-1-2-8-20(14)11-13)21-9-6-15(12-21)23-16-5-3-7-18-19-16/h1-5,7-8,10-11,15H,6,9,12H2. The van der Waals surface area contributed by atoms with Crippen LogP contribution in [0.4, 0.5) is 0 Å². The van der Waals surface area contributed by atoms with Crippen LogP contribution in [0.25, 0.3) is 5.52 Å². The predicted molar refractivity (Wildman–Crippen MR) is 84.4 cm³/mol. The van der Waals surface area contributed by atoms with E-state index in [1.165, 1.54) is 0 Å². The van der Waals surface area contributed by atoms with E-state index in [1.807, 2.05) is 46.0 Å². The molecule has 1 fully saturated rings. The monoisotopic (exact) mass is 308 g/mol. The van der Waals surface area contributed by atoms with Crippen LogP contribution in [0.5, 0.6) is 5.88 Å². The van der Waals surface area contributed by atoms with Gasteiger partial charge in [-0.25, -0.2) is 0 Å².